The molecule has 4 rings (SSSR count). The molecule has 0 radical (unpaired) electrons. The minimum absolute atomic E-state index is 0.0800. The van der Waals surface area contributed by atoms with Gasteiger partial charge in [-0.1, -0.05) is 25.3 Å². The van der Waals surface area contributed by atoms with Crippen molar-refractivity contribution in [3.8, 4) is 5.75 Å². The van der Waals surface area contributed by atoms with Crippen LogP contribution in [0.3, 0.4) is 0 Å². The second kappa shape index (κ2) is 8.27. The van der Waals surface area contributed by atoms with Gasteiger partial charge in [0.25, 0.3) is 11.8 Å². The van der Waals surface area contributed by atoms with E-state index in [1.54, 1.807) is 18.2 Å². The summed E-state index contributed by atoms with van der Waals surface area (Å²) >= 11 is 1.95. The lowest BCUT2D eigenvalue weighted by Gasteiger charge is -2.22. The molecule has 2 amide bonds. The lowest BCUT2D eigenvalue weighted by Crippen LogP contribution is -2.27. The molecule has 0 atom stereocenters. The van der Waals surface area contributed by atoms with Crippen molar-refractivity contribution in [2.45, 2.75) is 49.2 Å². The maximum atomic E-state index is 12.8. The summed E-state index contributed by atoms with van der Waals surface area (Å²) in [6, 6.07) is 11.4. The first kappa shape index (κ1) is 18.9. The smallest absolute Gasteiger partial charge is 0.262 e. The second-order valence-corrected chi connectivity index (χ2v) is 8.70. The van der Waals surface area contributed by atoms with Gasteiger partial charge in [-0.2, -0.15) is 0 Å². The van der Waals surface area contributed by atoms with Crippen molar-refractivity contribution < 1.29 is 14.3 Å². The van der Waals surface area contributed by atoms with Gasteiger partial charge < -0.3 is 15.4 Å². The Hall–Kier alpha value is -2.47. The van der Waals surface area contributed by atoms with E-state index >= 15 is 0 Å². The minimum Gasteiger partial charge on any atom is -0.481 e. The molecule has 1 aliphatic heterocycles. The van der Waals surface area contributed by atoms with E-state index in [2.05, 4.69) is 22.8 Å². The molecule has 28 heavy (non-hydrogen) atoms. The molecule has 1 aliphatic carbocycles. The highest BCUT2D eigenvalue weighted by Crippen LogP contribution is 2.36. The topological polar surface area (TPSA) is 67.4 Å². The van der Waals surface area contributed by atoms with E-state index in [0.29, 0.717) is 22.3 Å². The van der Waals surface area contributed by atoms with Crippen LogP contribution in [-0.2, 0) is 4.79 Å². The first-order valence-electron chi connectivity index (χ1n) is 9.74. The van der Waals surface area contributed by atoms with Gasteiger partial charge in [-0.05, 0) is 55.7 Å². The maximum absolute atomic E-state index is 12.8. The summed E-state index contributed by atoms with van der Waals surface area (Å²) in [5.41, 5.74) is 2.76. The van der Waals surface area contributed by atoms with Crippen LogP contribution in [0.4, 0.5) is 11.4 Å². The van der Waals surface area contributed by atoms with Gasteiger partial charge in [0.2, 0.25) is 0 Å². The molecule has 0 aromatic heterocycles. The fraction of sp³-hybridized carbons (Fsp3) is 0.364. The van der Waals surface area contributed by atoms with E-state index in [-0.39, 0.29) is 18.4 Å². The number of para-hydroxylation sites is 1. The van der Waals surface area contributed by atoms with Crippen molar-refractivity contribution in [2.75, 3.05) is 17.2 Å². The van der Waals surface area contributed by atoms with Crippen molar-refractivity contribution in [1.29, 1.82) is 0 Å². The first-order chi connectivity index (χ1) is 13.6. The van der Waals surface area contributed by atoms with Crippen molar-refractivity contribution in [2.24, 2.45) is 0 Å². The van der Waals surface area contributed by atoms with Gasteiger partial charge in [0.15, 0.2) is 12.4 Å². The summed E-state index contributed by atoms with van der Waals surface area (Å²) in [6.45, 7) is 1.93. The highest BCUT2D eigenvalue weighted by molar-refractivity contribution is 8.00. The fourth-order valence-corrected chi connectivity index (χ4v) is 5.05. The molecule has 1 saturated carbocycles. The standard InChI is InChI=1S/C22H24N2O3S/c1-14-12-16(28-15-6-3-2-4-7-15)10-11-18(14)24-22(26)17-8-5-9-19-21(17)27-13-20(25)23-19/h5,8-12,15H,2-4,6-7,13H2,1H3,(H,23,25)(H,24,26). The van der Waals surface area contributed by atoms with Gasteiger partial charge in [0.05, 0.1) is 11.3 Å². The molecule has 1 heterocycles. The van der Waals surface area contributed by atoms with Gasteiger partial charge in [0.1, 0.15) is 0 Å². The average Bonchev–Trinajstić information content (AvgIpc) is 2.70. The van der Waals surface area contributed by atoms with Gasteiger partial charge in [-0.25, -0.2) is 0 Å². The molecule has 0 bridgehead atoms. The summed E-state index contributed by atoms with van der Waals surface area (Å²) in [5, 5.41) is 6.41. The number of amides is 2. The number of nitrogens with one attached hydrogen (secondary N) is 2. The molecule has 2 aliphatic rings. The van der Waals surface area contributed by atoms with Crippen molar-refractivity contribution in [3.63, 3.8) is 0 Å². The van der Waals surface area contributed by atoms with E-state index in [1.807, 2.05) is 24.8 Å². The predicted molar refractivity (Wildman–Crippen MR) is 112 cm³/mol. The molecule has 2 aromatic carbocycles. The highest BCUT2D eigenvalue weighted by atomic mass is 32.2. The second-order valence-electron chi connectivity index (χ2n) is 7.33. The number of fused-ring (bicyclic) bond motifs is 1. The summed E-state index contributed by atoms with van der Waals surface area (Å²) in [7, 11) is 0. The number of aryl methyl sites for hydroxylation is 1. The number of anilines is 2. The molecule has 5 nitrogen and oxygen atoms in total. The lowest BCUT2D eigenvalue weighted by atomic mass is 10.0. The van der Waals surface area contributed by atoms with E-state index in [9.17, 15) is 9.59 Å². The molecule has 146 valence electrons. The van der Waals surface area contributed by atoms with Crippen LogP contribution in [0.1, 0.15) is 48.0 Å². The number of carbonyl (C=O) groups is 2. The molecule has 0 spiro atoms. The van der Waals surface area contributed by atoms with Crippen molar-refractivity contribution in [3.05, 3.63) is 47.5 Å². The number of hydrogen-bond donors (Lipinski definition) is 2. The minimum atomic E-state index is -0.246. The van der Waals surface area contributed by atoms with Gasteiger partial charge in [-0.3, -0.25) is 9.59 Å². The van der Waals surface area contributed by atoms with Crippen LogP contribution in [0.2, 0.25) is 0 Å². The summed E-state index contributed by atoms with van der Waals surface area (Å²) in [6.07, 6.45) is 6.59. The SMILES string of the molecule is Cc1cc(SC2CCCCC2)ccc1NC(=O)c1cccc2c1OCC(=O)N2. The lowest BCUT2D eigenvalue weighted by molar-refractivity contribution is -0.118. The Morgan fingerprint density at radius 1 is 1.18 bits per heavy atom. The summed E-state index contributed by atoms with van der Waals surface area (Å²) in [5.74, 6) is -0.0440. The number of thioether (sulfide) groups is 1. The fourth-order valence-electron chi connectivity index (χ4n) is 3.71. The van der Waals surface area contributed by atoms with Crippen LogP contribution in [-0.4, -0.2) is 23.7 Å². The number of ether oxygens (including phenoxy) is 1. The van der Waals surface area contributed by atoms with Crippen LogP contribution >= 0.6 is 11.8 Å². The quantitative estimate of drug-likeness (QED) is 0.763. The molecule has 0 saturated heterocycles. The summed E-state index contributed by atoms with van der Waals surface area (Å²) in [4.78, 5) is 25.5. The molecular weight excluding hydrogens is 372 g/mol. The zero-order valence-electron chi connectivity index (χ0n) is 15.9. The number of hydrogen-bond acceptors (Lipinski definition) is 4. The summed E-state index contributed by atoms with van der Waals surface area (Å²) < 4.78 is 5.48. The molecule has 0 unspecified atom stereocenters. The Balaban J connectivity index is 1.48. The van der Waals surface area contributed by atoms with Crippen LogP contribution < -0.4 is 15.4 Å². The highest BCUT2D eigenvalue weighted by Gasteiger charge is 2.23. The third-order valence-electron chi connectivity index (χ3n) is 5.18. The van der Waals surface area contributed by atoms with Gasteiger partial charge in [-0.15, -0.1) is 11.8 Å². The zero-order valence-corrected chi connectivity index (χ0v) is 16.7. The van der Waals surface area contributed by atoms with Crippen LogP contribution in [0.25, 0.3) is 0 Å². The van der Waals surface area contributed by atoms with Crippen LogP contribution in [0.5, 0.6) is 5.75 Å². The Morgan fingerprint density at radius 2 is 2.00 bits per heavy atom. The molecule has 2 N–H and O–H groups in total. The largest absolute Gasteiger partial charge is 0.481 e. The van der Waals surface area contributed by atoms with E-state index in [0.717, 1.165) is 11.3 Å². The molecule has 1 fully saturated rings. The Kier molecular flexibility index (Phi) is 5.57. The molecular formula is C22H24N2O3S. The third kappa shape index (κ3) is 4.17. The molecule has 2 aromatic rings. The van der Waals surface area contributed by atoms with E-state index in [4.69, 9.17) is 4.74 Å². The zero-order chi connectivity index (χ0) is 19.5. The Morgan fingerprint density at radius 3 is 2.79 bits per heavy atom. The van der Waals surface area contributed by atoms with Crippen molar-refractivity contribution in [1.82, 2.24) is 0 Å². The predicted octanol–water partition coefficient (Wildman–Crippen LogP) is 5.00. The maximum Gasteiger partial charge on any atom is 0.262 e. The third-order valence-corrected chi connectivity index (χ3v) is 6.51. The number of benzene rings is 2. The Labute approximate surface area is 169 Å². The van der Waals surface area contributed by atoms with Crippen LogP contribution in [0.15, 0.2) is 41.3 Å². The molecule has 6 heteroatoms. The Bertz CT molecular complexity index is 907. The van der Waals surface area contributed by atoms with Gasteiger partial charge >= 0.3 is 0 Å². The van der Waals surface area contributed by atoms with E-state index in [1.165, 1.54) is 37.0 Å². The average molecular weight is 397 g/mol. The number of carbonyl (C=O) groups excluding carboxylic acids is 2. The number of rotatable bonds is 4. The van der Waals surface area contributed by atoms with E-state index < -0.39 is 0 Å². The van der Waals surface area contributed by atoms with Crippen LogP contribution in [0, 0.1) is 6.92 Å². The van der Waals surface area contributed by atoms with Gasteiger partial charge in [0, 0.05) is 15.8 Å². The normalized spacial score (nSPS) is 16.7. The van der Waals surface area contributed by atoms with Crippen molar-refractivity contribution >= 4 is 35.0 Å². The monoisotopic (exact) mass is 396 g/mol. The first-order valence-corrected chi connectivity index (χ1v) is 10.6.